The van der Waals surface area contributed by atoms with Crippen molar-refractivity contribution in [3.8, 4) is 5.75 Å². The number of benzene rings is 1. The van der Waals surface area contributed by atoms with Crippen molar-refractivity contribution in [3.05, 3.63) is 52.6 Å². The molecule has 0 bridgehead atoms. The molecule has 2 N–H and O–H groups in total. The first-order valence-electron chi connectivity index (χ1n) is 7.99. The van der Waals surface area contributed by atoms with Crippen LogP contribution in [0.3, 0.4) is 0 Å². The predicted octanol–water partition coefficient (Wildman–Crippen LogP) is 2.48. The van der Waals surface area contributed by atoms with E-state index in [1.165, 1.54) is 30.5 Å². The summed E-state index contributed by atoms with van der Waals surface area (Å²) < 4.78 is 23.0. The van der Waals surface area contributed by atoms with Crippen molar-refractivity contribution in [1.82, 2.24) is 10.4 Å². The van der Waals surface area contributed by atoms with Gasteiger partial charge in [-0.05, 0) is 50.6 Å². The van der Waals surface area contributed by atoms with Gasteiger partial charge in [0.2, 0.25) is 0 Å². The average Bonchev–Trinajstić information content (AvgIpc) is 2.88. The molecule has 8 heteroatoms. The Morgan fingerprint density at radius 1 is 1.27 bits per heavy atom. The number of nitrogens with zero attached hydrogens (tertiary/aromatic N) is 1. The van der Waals surface area contributed by atoms with Gasteiger partial charge < -0.3 is 14.5 Å². The zero-order chi connectivity index (χ0) is 19.1. The summed E-state index contributed by atoms with van der Waals surface area (Å²) in [5, 5.41) is 3.84. The summed E-state index contributed by atoms with van der Waals surface area (Å²) >= 11 is 0. The minimum absolute atomic E-state index is 0.264. The predicted molar refractivity (Wildman–Crippen MR) is 93.9 cm³/mol. The standard InChI is InChI=1S/C18H20FN3O4/c1-4-25-18(24)17-11(2)15(21-12(17)3)9-20-22-16(23)10-26-14-7-5-13(19)6-8-14/h5-9,21H,4,10H2,1-3H3,(H,22,23)/b20-9+. The van der Waals surface area contributed by atoms with Crippen LogP contribution >= 0.6 is 0 Å². The molecule has 0 aliphatic carbocycles. The van der Waals surface area contributed by atoms with Crippen LogP contribution in [0.2, 0.25) is 0 Å². The fourth-order valence-corrected chi connectivity index (χ4v) is 2.29. The van der Waals surface area contributed by atoms with Gasteiger partial charge in [0.15, 0.2) is 6.61 Å². The lowest BCUT2D eigenvalue weighted by atomic mass is 10.1. The number of aryl methyl sites for hydroxylation is 1. The molecule has 0 spiro atoms. The number of carbonyl (C=O) groups excluding carboxylic acids is 2. The third-order valence-corrected chi connectivity index (χ3v) is 3.52. The number of nitrogens with one attached hydrogen (secondary N) is 2. The van der Waals surface area contributed by atoms with E-state index in [0.717, 1.165) is 0 Å². The Labute approximate surface area is 150 Å². The van der Waals surface area contributed by atoms with Crippen LogP contribution in [0.4, 0.5) is 4.39 Å². The van der Waals surface area contributed by atoms with Crippen molar-refractivity contribution in [1.29, 1.82) is 0 Å². The summed E-state index contributed by atoms with van der Waals surface area (Å²) in [6.07, 6.45) is 1.40. The molecule has 0 aliphatic heterocycles. The lowest BCUT2D eigenvalue weighted by Gasteiger charge is -2.04. The fraction of sp³-hybridized carbons (Fsp3) is 0.278. The number of hydrogen-bond acceptors (Lipinski definition) is 5. The second kappa shape index (κ2) is 8.80. The molecule has 0 saturated carbocycles. The zero-order valence-electron chi connectivity index (χ0n) is 14.8. The van der Waals surface area contributed by atoms with E-state index in [-0.39, 0.29) is 19.0 Å². The van der Waals surface area contributed by atoms with Gasteiger partial charge in [-0.3, -0.25) is 4.79 Å². The lowest BCUT2D eigenvalue weighted by molar-refractivity contribution is -0.123. The van der Waals surface area contributed by atoms with Gasteiger partial charge in [0, 0.05) is 5.69 Å². The Morgan fingerprint density at radius 2 is 1.96 bits per heavy atom. The van der Waals surface area contributed by atoms with Gasteiger partial charge in [0.05, 0.1) is 24.1 Å². The van der Waals surface area contributed by atoms with E-state index in [9.17, 15) is 14.0 Å². The van der Waals surface area contributed by atoms with Gasteiger partial charge in [-0.25, -0.2) is 14.6 Å². The molecule has 0 radical (unpaired) electrons. The van der Waals surface area contributed by atoms with E-state index >= 15 is 0 Å². The second-order valence-corrected chi connectivity index (χ2v) is 5.42. The average molecular weight is 361 g/mol. The number of hydrazone groups is 1. The maximum atomic E-state index is 12.8. The largest absolute Gasteiger partial charge is 0.484 e. The van der Waals surface area contributed by atoms with Crippen LogP contribution in [0.15, 0.2) is 29.4 Å². The summed E-state index contributed by atoms with van der Waals surface area (Å²) in [7, 11) is 0. The lowest BCUT2D eigenvalue weighted by Crippen LogP contribution is -2.24. The second-order valence-electron chi connectivity index (χ2n) is 5.42. The Bertz CT molecular complexity index is 813. The zero-order valence-corrected chi connectivity index (χ0v) is 14.8. The number of hydrogen-bond donors (Lipinski definition) is 2. The van der Waals surface area contributed by atoms with Crippen LogP contribution < -0.4 is 10.2 Å². The molecule has 7 nitrogen and oxygen atoms in total. The monoisotopic (exact) mass is 361 g/mol. The molecule has 2 aromatic rings. The molecule has 0 aliphatic rings. The van der Waals surface area contributed by atoms with E-state index < -0.39 is 11.9 Å². The Balaban J connectivity index is 1.91. The van der Waals surface area contributed by atoms with Crippen molar-refractivity contribution in [2.24, 2.45) is 5.10 Å². The molecule has 2 rings (SSSR count). The minimum atomic E-state index is -0.475. The summed E-state index contributed by atoms with van der Waals surface area (Å²) in [5.74, 6) is -0.891. The fourth-order valence-electron chi connectivity index (χ4n) is 2.29. The Kier molecular flexibility index (Phi) is 6.48. The molecule has 0 unspecified atom stereocenters. The van der Waals surface area contributed by atoms with Crippen molar-refractivity contribution in [2.75, 3.05) is 13.2 Å². The number of ether oxygens (including phenoxy) is 2. The van der Waals surface area contributed by atoms with Crippen LogP contribution in [-0.2, 0) is 9.53 Å². The first kappa shape index (κ1) is 19.2. The summed E-state index contributed by atoms with van der Waals surface area (Å²) in [4.78, 5) is 26.7. The molecule has 1 heterocycles. The number of aromatic nitrogens is 1. The van der Waals surface area contributed by atoms with Gasteiger partial charge in [0.1, 0.15) is 11.6 Å². The highest BCUT2D eigenvalue weighted by Gasteiger charge is 2.18. The van der Waals surface area contributed by atoms with Gasteiger partial charge in [-0.2, -0.15) is 5.10 Å². The van der Waals surface area contributed by atoms with Gasteiger partial charge in [-0.1, -0.05) is 0 Å². The Morgan fingerprint density at radius 3 is 2.62 bits per heavy atom. The molecular formula is C18H20FN3O4. The smallest absolute Gasteiger partial charge is 0.340 e. The first-order valence-corrected chi connectivity index (χ1v) is 7.99. The van der Waals surface area contributed by atoms with Crippen molar-refractivity contribution in [3.63, 3.8) is 0 Å². The molecule has 1 aromatic heterocycles. The SMILES string of the molecule is CCOC(=O)c1c(C)[nH]c(/C=N/NC(=O)COc2ccc(F)cc2)c1C. The summed E-state index contributed by atoms with van der Waals surface area (Å²) in [6, 6.07) is 5.33. The highest BCUT2D eigenvalue weighted by molar-refractivity contribution is 5.96. The third-order valence-electron chi connectivity index (χ3n) is 3.52. The Hall–Kier alpha value is -3.16. The maximum absolute atomic E-state index is 12.8. The number of H-pyrrole nitrogens is 1. The number of esters is 1. The number of rotatable bonds is 7. The van der Waals surface area contributed by atoms with E-state index in [1.807, 2.05) is 0 Å². The van der Waals surface area contributed by atoms with Crippen LogP contribution in [-0.4, -0.2) is 36.3 Å². The molecule has 0 atom stereocenters. The van der Waals surface area contributed by atoms with E-state index in [4.69, 9.17) is 9.47 Å². The minimum Gasteiger partial charge on any atom is -0.484 e. The van der Waals surface area contributed by atoms with Crippen LogP contribution in [0, 0.1) is 19.7 Å². The number of carbonyl (C=O) groups is 2. The summed E-state index contributed by atoms with van der Waals surface area (Å²) in [6.45, 7) is 5.28. The highest BCUT2D eigenvalue weighted by atomic mass is 19.1. The van der Waals surface area contributed by atoms with Crippen LogP contribution in [0.25, 0.3) is 0 Å². The topological polar surface area (TPSA) is 92.8 Å². The first-order chi connectivity index (χ1) is 12.4. The molecule has 26 heavy (non-hydrogen) atoms. The highest BCUT2D eigenvalue weighted by Crippen LogP contribution is 2.17. The van der Waals surface area contributed by atoms with Gasteiger partial charge in [0.25, 0.3) is 5.91 Å². The maximum Gasteiger partial charge on any atom is 0.340 e. The van der Waals surface area contributed by atoms with E-state index in [2.05, 4.69) is 15.5 Å². The van der Waals surface area contributed by atoms with Crippen LogP contribution in [0.5, 0.6) is 5.75 Å². The van der Waals surface area contributed by atoms with Gasteiger partial charge >= 0.3 is 5.97 Å². The molecule has 1 amide bonds. The van der Waals surface area contributed by atoms with Gasteiger partial charge in [-0.15, -0.1) is 0 Å². The van der Waals surface area contributed by atoms with Crippen molar-refractivity contribution in [2.45, 2.75) is 20.8 Å². The number of halogens is 1. The molecule has 138 valence electrons. The third kappa shape index (κ3) is 4.92. The molecule has 0 fully saturated rings. The quantitative estimate of drug-likeness (QED) is 0.450. The molecule has 1 aromatic carbocycles. The number of amides is 1. The van der Waals surface area contributed by atoms with Crippen molar-refractivity contribution < 1.29 is 23.5 Å². The van der Waals surface area contributed by atoms with E-state index in [0.29, 0.717) is 28.3 Å². The molecule has 0 saturated heterocycles. The molecular weight excluding hydrogens is 341 g/mol. The van der Waals surface area contributed by atoms with Crippen LogP contribution in [0.1, 0.15) is 34.2 Å². The van der Waals surface area contributed by atoms with E-state index in [1.54, 1.807) is 20.8 Å². The normalized spacial score (nSPS) is 10.8. The van der Waals surface area contributed by atoms with Crippen molar-refractivity contribution >= 4 is 18.1 Å². The number of aromatic amines is 1. The summed E-state index contributed by atoms with van der Waals surface area (Å²) in [5.41, 5.74) is 4.71.